The van der Waals surface area contributed by atoms with Gasteiger partial charge in [-0.25, -0.2) is 13.2 Å². The molecule has 7 heteroatoms. The highest BCUT2D eigenvalue weighted by Crippen LogP contribution is 2.23. The van der Waals surface area contributed by atoms with Gasteiger partial charge in [0.1, 0.15) is 9.84 Å². The van der Waals surface area contributed by atoms with E-state index in [0.29, 0.717) is 21.3 Å². The summed E-state index contributed by atoms with van der Waals surface area (Å²) in [6.07, 6.45) is 1.43. The monoisotopic (exact) mass is 349 g/mol. The molecule has 0 aliphatic heterocycles. The number of carbonyl (C=O) groups is 1. The molecule has 1 aromatic carbocycles. The van der Waals surface area contributed by atoms with Crippen LogP contribution in [-0.4, -0.2) is 33.0 Å². The largest absolute Gasteiger partial charge is 0.462 e. The number of ether oxygens (including phenoxy) is 1. The third-order valence-electron chi connectivity index (χ3n) is 2.53. The van der Waals surface area contributed by atoms with Gasteiger partial charge < -0.3 is 10.5 Å². The lowest BCUT2D eigenvalue weighted by Gasteiger charge is -2.09. The summed E-state index contributed by atoms with van der Waals surface area (Å²) >= 11 is 3.26. The number of esters is 1. The molecule has 0 saturated carbocycles. The van der Waals surface area contributed by atoms with Gasteiger partial charge in [-0.1, -0.05) is 15.9 Å². The minimum Gasteiger partial charge on any atom is -0.462 e. The van der Waals surface area contributed by atoms with Gasteiger partial charge in [-0.15, -0.1) is 0 Å². The predicted octanol–water partition coefficient (Wildman–Crippen LogP) is 1.93. The van der Waals surface area contributed by atoms with E-state index in [1.807, 2.05) is 0 Å². The summed E-state index contributed by atoms with van der Waals surface area (Å²) in [5, 5.41) is 0. The lowest BCUT2D eigenvalue weighted by atomic mass is 10.1. The Balaban J connectivity index is 2.64. The highest BCUT2D eigenvalue weighted by atomic mass is 79.9. The van der Waals surface area contributed by atoms with Crippen molar-refractivity contribution in [2.24, 2.45) is 0 Å². The van der Waals surface area contributed by atoms with Crippen LogP contribution < -0.4 is 5.73 Å². The van der Waals surface area contributed by atoms with Gasteiger partial charge in [0.15, 0.2) is 0 Å². The summed E-state index contributed by atoms with van der Waals surface area (Å²) in [6.45, 7) is 1.80. The number of nitrogens with two attached hydrogens (primary N) is 1. The number of halogens is 1. The van der Waals surface area contributed by atoms with E-state index < -0.39 is 15.8 Å². The van der Waals surface area contributed by atoms with Crippen LogP contribution in [0.25, 0.3) is 0 Å². The van der Waals surface area contributed by atoms with E-state index in [1.54, 1.807) is 19.1 Å². The molecule has 2 N–H and O–H groups in total. The molecular weight excluding hydrogens is 334 g/mol. The molecule has 0 amide bonds. The SMILES string of the molecule is Cc1c(N)cc(Br)cc1C(=O)OCCCS(C)(=O)=O. The van der Waals surface area contributed by atoms with Gasteiger partial charge in [0.05, 0.1) is 17.9 Å². The van der Waals surface area contributed by atoms with Crippen molar-refractivity contribution in [1.82, 2.24) is 0 Å². The number of hydrogen-bond donors (Lipinski definition) is 1. The Morgan fingerprint density at radius 2 is 2.05 bits per heavy atom. The molecule has 19 heavy (non-hydrogen) atoms. The highest BCUT2D eigenvalue weighted by molar-refractivity contribution is 9.10. The first-order chi connectivity index (χ1) is 8.70. The molecule has 106 valence electrons. The van der Waals surface area contributed by atoms with Crippen molar-refractivity contribution in [3.8, 4) is 0 Å². The van der Waals surface area contributed by atoms with Gasteiger partial charge in [-0.05, 0) is 31.0 Å². The van der Waals surface area contributed by atoms with Gasteiger partial charge in [0.2, 0.25) is 0 Å². The molecule has 0 radical (unpaired) electrons. The Hall–Kier alpha value is -1.08. The third-order valence-corrected chi connectivity index (χ3v) is 4.01. The van der Waals surface area contributed by atoms with Gasteiger partial charge in [0.25, 0.3) is 0 Å². The Morgan fingerprint density at radius 1 is 1.42 bits per heavy atom. The molecule has 1 rings (SSSR count). The number of nitrogen functional groups attached to an aromatic ring is 1. The minimum absolute atomic E-state index is 0.000114. The van der Waals surface area contributed by atoms with Crippen molar-refractivity contribution in [3.05, 3.63) is 27.7 Å². The zero-order valence-electron chi connectivity index (χ0n) is 10.8. The van der Waals surface area contributed by atoms with Gasteiger partial charge >= 0.3 is 5.97 Å². The fraction of sp³-hybridized carbons (Fsp3) is 0.417. The maximum Gasteiger partial charge on any atom is 0.338 e. The molecule has 0 aliphatic carbocycles. The number of carbonyl (C=O) groups excluding carboxylic acids is 1. The van der Waals surface area contributed by atoms with E-state index in [1.165, 1.54) is 0 Å². The van der Waals surface area contributed by atoms with Crippen molar-refractivity contribution in [2.45, 2.75) is 13.3 Å². The second kappa shape index (κ2) is 6.38. The average molecular weight is 350 g/mol. The molecule has 0 saturated heterocycles. The first-order valence-electron chi connectivity index (χ1n) is 5.61. The molecule has 0 atom stereocenters. The van der Waals surface area contributed by atoms with Crippen LogP contribution in [0.3, 0.4) is 0 Å². The molecule has 0 spiro atoms. The van der Waals surface area contributed by atoms with Crippen LogP contribution in [-0.2, 0) is 14.6 Å². The fourth-order valence-corrected chi connectivity index (χ4v) is 2.59. The minimum atomic E-state index is -3.03. The first kappa shape index (κ1) is 16.0. The topological polar surface area (TPSA) is 86.5 Å². The quantitative estimate of drug-likeness (QED) is 0.498. The Labute approximate surface area is 121 Å². The first-order valence-corrected chi connectivity index (χ1v) is 8.46. The van der Waals surface area contributed by atoms with E-state index in [2.05, 4.69) is 15.9 Å². The van der Waals surface area contributed by atoms with Gasteiger partial charge in [-0.2, -0.15) is 0 Å². The van der Waals surface area contributed by atoms with Crippen LogP contribution in [0.2, 0.25) is 0 Å². The van der Waals surface area contributed by atoms with E-state index in [4.69, 9.17) is 10.5 Å². The van der Waals surface area contributed by atoms with E-state index in [0.717, 1.165) is 6.26 Å². The predicted molar refractivity (Wildman–Crippen MR) is 77.9 cm³/mol. The standard InChI is InChI=1S/C12H16BrNO4S/c1-8-10(6-9(13)7-11(8)14)12(15)18-4-3-5-19(2,16)17/h6-7H,3-5,14H2,1-2H3. The second-order valence-corrected chi connectivity index (χ2v) is 7.46. The van der Waals surface area contributed by atoms with Crippen molar-refractivity contribution >= 4 is 37.4 Å². The number of rotatable bonds is 5. The molecule has 0 unspecified atom stereocenters. The number of benzene rings is 1. The molecule has 0 heterocycles. The Bertz CT molecular complexity index is 584. The van der Waals surface area contributed by atoms with Crippen LogP contribution in [0.1, 0.15) is 22.3 Å². The molecule has 0 aromatic heterocycles. The second-order valence-electron chi connectivity index (χ2n) is 4.29. The lowest BCUT2D eigenvalue weighted by molar-refractivity contribution is 0.0505. The molecular formula is C12H16BrNO4S. The van der Waals surface area contributed by atoms with Crippen molar-refractivity contribution in [1.29, 1.82) is 0 Å². The maximum atomic E-state index is 11.8. The molecule has 0 bridgehead atoms. The maximum absolute atomic E-state index is 11.8. The number of sulfone groups is 1. The van der Waals surface area contributed by atoms with Gasteiger partial charge in [-0.3, -0.25) is 0 Å². The van der Waals surface area contributed by atoms with Crippen molar-refractivity contribution < 1.29 is 17.9 Å². The van der Waals surface area contributed by atoms with Crippen LogP contribution in [0.15, 0.2) is 16.6 Å². The van der Waals surface area contributed by atoms with Crippen LogP contribution in [0, 0.1) is 6.92 Å². The number of anilines is 1. The molecule has 0 aliphatic rings. The Morgan fingerprint density at radius 3 is 2.63 bits per heavy atom. The summed E-state index contributed by atoms with van der Waals surface area (Å²) in [4.78, 5) is 11.8. The fourth-order valence-electron chi connectivity index (χ4n) is 1.48. The summed E-state index contributed by atoms with van der Waals surface area (Å²) < 4.78 is 27.6. The Kier molecular flexibility index (Phi) is 5.37. The summed E-state index contributed by atoms with van der Waals surface area (Å²) in [7, 11) is -3.03. The van der Waals surface area contributed by atoms with Crippen LogP contribution in [0.5, 0.6) is 0 Å². The summed E-state index contributed by atoms with van der Waals surface area (Å²) in [5.41, 5.74) is 7.28. The molecule has 5 nitrogen and oxygen atoms in total. The molecule has 0 fully saturated rings. The van der Waals surface area contributed by atoms with E-state index in [9.17, 15) is 13.2 Å². The lowest BCUT2D eigenvalue weighted by Crippen LogP contribution is -2.12. The van der Waals surface area contributed by atoms with Crippen LogP contribution >= 0.6 is 15.9 Å². The van der Waals surface area contributed by atoms with Crippen LogP contribution in [0.4, 0.5) is 5.69 Å². The van der Waals surface area contributed by atoms with Gasteiger partial charge in [0, 0.05) is 16.4 Å². The summed E-state index contributed by atoms with van der Waals surface area (Å²) in [6, 6.07) is 3.33. The van der Waals surface area contributed by atoms with Crippen molar-refractivity contribution in [3.63, 3.8) is 0 Å². The normalized spacial score (nSPS) is 11.3. The highest BCUT2D eigenvalue weighted by Gasteiger charge is 2.14. The van der Waals surface area contributed by atoms with E-state index >= 15 is 0 Å². The zero-order valence-corrected chi connectivity index (χ0v) is 13.2. The zero-order chi connectivity index (χ0) is 14.6. The molecule has 1 aromatic rings. The average Bonchev–Trinajstić information content (AvgIpc) is 2.27. The van der Waals surface area contributed by atoms with Crippen molar-refractivity contribution in [2.75, 3.05) is 24.3 Å². The summed E-state index contributed by atoms with van der Waals surface area (Å²) in [5.74, 6) is -0.501. The number of hydrogen-bond acceptors (Lipinski definition) is 5. The smallest absolute Gasteiger partial charge is 0.338 e. The third kappa shape index (κ3) is 5.20. The van der Waals surface area contributed by atoms with E-state index in [-0.39, 0.29) is 18.8 Å².